The van der Waals surface area contributed by atoms with Crippen LogP contribution in [0.25, 0.3) is 0 Å². The summed E-state index contributed by atoms with van der Waals surface area (Å²) in [5, 5.41) is 3.05. The van der Waals surface area contributed by atoms with Gasteiger partial charge < -0.3 is 11.1 Å². The van der Waals surface area contributed by atoms with Crippen LogP contribution in [0.15, 0.2) is 36.4 Å². The molecule has 0 spiro atoms. The van der Waals surface area contributed by atoms with Crippen molar-refractivity contribution in [3.05, 3.63) is 58.9 Å². The zero-order chi connectivity index (χ0) is 14.0. The van der Waals surface area contributed by atoms with E-state index >= 15 is 0 Å². The number of hydrogen-bond acceptors (Lipinski definition) is 2. The molecular formula is C15H15FN2S. The highest BCUT2D eigenvalue weighted by atomic mass is 32.1. The van der Waals surface area contributed by atoms with Crippen LogP contribution in [0.5, 0.6) is 0 Å². The predicted octanol–water partition coefficient (Wildman–Crippen LogP) is 3.82. The molecule has 0 atom stereocenters. The monoisotopic (exact) mass is 274 g/mol. The van der Waals surface area contributed by atoms with Gasteiger partial charge >= 0.3 is 0 Å². The number of benzene rings is 2. The van der Waals surface area contributed by atoms with Crippen molar-refractivity contribution in [1.29, 1.82) is 0 Å². The Kier molecular flexibility index (Phi) is 3.81. The molecule has 0 aromatic heterocycles. The van der Waals surface area contributed by atoms with E-state index in [-0.39, 0.29) is 5.82 Å². The van der Waals surface area contributed by atoms with Crippen molar-refractivity contribution >= 4 is 28.6 Å². The number of rotatable bonds is 3. The number of anilines is 2. The Balaban J connectivity index is 2.29. The Morgan fingerprint density at radius 2 is 1.89 bits per heavy atom. The fourth-order valence-electron chi connectivity index (χ4n) is 1.89. The maximum atomic E-state index is 13.7. The normalized spacial score (nSPS) is 10.3. The lowest BCUT2D eigenvalue weighted by molar-refractivity contribution is 0.631. The van der Waals surface area contributed by atoms with Crippen LogP contribution in [0.2, 0.25) is 0 Å². The highest BCUT2D eigenvalue weighted by molar-refractivity contribution is 7.80. The summed E-state index contributed by atoms with van der Waals surface area (Å²) in [6.07, 6.45) is 0. The highest BCUT2D eigenvalue weighted by Gasteiger charge is 2.05. The zero-order valence-electron chi connectivity index (χ0n) is 10.8. The first-order valence-corrected chi connectivity index (χ1v) is 6.32. The van der Waals surface area contributed by atoms with E-state index in [0.29, 0.717) is 10.7 Å². The molecule has 4 heteroatoms. The van der Waals surface area contributed by atoms with E-state index in [0.717, 1.165) is 22.4 Å². The molecule has 0 saturated heterocycles. The predicted molar refractivity (Wildman–Crippen MR) is 81.5 cm³/mol. The summed E-state index contributed by atoms with van der Waals surface area (Å²) in [6.45, 7) is 3.78. The average Bonchev–Trinajstić information content (AvgIpc) is 2.32. The minimum Gasteiger partial charge on any atom is -0.389 e. The number of thiocarbonyl (C=S) groups is 1. The van der Waals surface area contributed by atoms with Crippen molar-refractivity contribution in [2.75, 3.05) is 5.32 Å². The average molecular weight is 274 g/mol. The number of hydrogen-bond donors (Lipinski definition) is 2. The van der Waals surface area contributed by atoms with Crippen molar-refractivity contribution in [2.45, 2.75) is 13.8 Å². The van der Waals surface area contributed by atoms with Gasteiger partial charge in [0.25, 0.3) is 0 Å². The fourth-order valence-corrected chi connectivity index (χ4v) is 2.12. The molecule has 0 aliphatic heterocycles. The van der Waals surface area contributed by atoms with Gasteiger partial charge in [0.15, 0.2) is 0 Å². The van der Waals surface area contributed by atoms with Crippen LogP contribution in [-0.4, -0.2) is 4.99 Å². The van der Waals surface area contributed by atoms with Gasteiger partial charge in [-0.1, -0.05) is 18.3 Å². The summed E-state index contributed by atoms with van der Waals surface area (Å²) in [7, 11) is 0. The van der Waals surface area contributed by atoms with E-state index in [9.17, 15) is 4.39 Å². The summed E-state index contributed by atoms with van der Waals surface area (Å²) < 4.78 is 13.7. The minimum atomic E-state index is -0.268. The van der Waals surface area contributed by atoms with E-state index in [1.165, 1.54) is 6.07 Å². The molecule has 0 fully saturated rings. The summed E-state index contributed by atoms with van der Waals surface area (Å²) >= 11 is 4.96. The number of nitrogens with one attached hydrogen (secondary N) is 1. The van der Waals surface area contributed by atoms with Gasteiger partial charge in [0.1, 0.15) is 10.8 Å². The first-order chi connectivity index (χ1) is 8.97. The van der Waals surface area contributed by atoms with Gasteiger partial charge in [-0.3, -0.25) is 0 Å². The first kappa shape index (κ1) is 13.5. The Morgan fingerprint density at radius 3 is 2.47 bits per heavy atom. The third-order valence-electron chi connectivity index (χ3n) is 2.90. The molecule has 3 N–H and O–H groups in total. The van der Waals surface area contributed by atoms with E-state index in [1.54, 1.807) is 6.07 Å². The Labute approximate surface area is 117 Å². The van der Waals surface area contributed by atoms with E-state index in [2.05, 4.69) is 5.32 Å². The molecule has 2 aromatic rings. The van der Waals surface area contributed by atoms with E-state index < -0.39 is 0 Å². The smallest absolute Gasteiger partial charge is 0.146 e. The van der Waals surface area contributed by atoms with Crippen LogP contribution in [0.1, 0.15) is 16.7 Å². The van der Waals surface area contributed by atoms with Gasteiger partial charge in [-0.25, -0.2) is 4.39 Å². The molecule has 0 bridgehead atoms. The van der Waals surface area contributed by atoms with Gasteiger partial charge in [0.2, 0.25) is 0 Å². The largest absolute Gasteiger partial charge is 0.389 e. The lowest BCUT2D eigenvalue weighted by Crippen LogP contribution is -2.11. The molecule has 2 aromatic carbocycles. The molecule has 0 amide bonds. The third kappa shape index (κ3) is 3.09. The van der Waals surface area contributed by atoms with Gasteiger partial charge in [0.05, 0.1) is 5.69 Å². The Bertz CT molecular complexity index is 638. The molecule has 98 valence electrons. The van der Waals surface area contributed by atoms with Crippen LogP contribution in [-0.2, 0) is 0 Å². The maximum absolute atomic E-state index is 13.7. The van der Waals surface area contributed by atoms with Gasteiger partial charge in [-0.05, 0) is 55.3 Å². The number of nitrogens with two attached hydrogens (primary N) is 1. The second-order valence-corrected chi connectivity index (χ2v) is 4.94. The quantitative estimate of drug-likeness (QED) is 0.836. The van der Waals surface area contributed by atoms with Crippen LogP contribution < -0.4 is 11.1 Å². The van der Waals surface area contributed by atoms with Crippen molar-refractivity contribution in [2.24, 2.45) is 5.73 Å². The van der Waals surface area contributed by atoms with Crippen LogP contribution in [0.4, 0.5) is 15.8 Å². The topological polar surface area (TPSA) is 38.0 Å². The molecule has 0 radical (unpaired) electrons. The first-order valence-electron chi connectivity index (χ1n) is 5.91. The maximum Gasteiger partial charge on any atom is 0.146 e. The molecule has 0 aliphatic rings. The standard InChI is InChI=1S/C15H15FN2S/c1-9-3-6-14(13(16)7-9)18-11-4-5-12(15(17)19)10(2)8-11/h3-8,18H,1-2H3,(H2,17,19). The number of aryl methyl sites for hydroxylation is 2. The molecule has 0 saturated carbocycles. The molecule has 19 heavy (non-hydrogen) atoms. The minimum absolute atomic E-state index is 0.268. The second-order valence-electron chi connectivity index (χ2n) is 4.50. The van der Waals surface area contributed by atoms with Gasteiger partial charge in [-0.2, -0.15) is 0 Å². The Morgan fingerprint density at radius 1 is 1.16 bits per heavy atom. The van der Waals surface area contributed by atoms with Crippen molar-refractivity contribution < 1.29 is 4.39 Å². The molecule has 2 rings (SSSR count). The van der Waals surface area contributed by atoms with Crippen LogP contribution in [0.3, 0.4) is 0 Å². The molecular weight excluding hydrogens is 259 g/mol. The number of halogens is 1. The van der Waals surface area contributed by atoms with E-state index in [1.807, 2.05) is 38.1 Å². The molecule has 0 heterocycles. The van der Waals surface area contributed by atoms with Crippen molar-refractivity contribution in [1.82, 2.24) is 0 Å². The molecule has 2 nitrogen and oxygen atoms in total. The lowest BCUT2D eigenvalue weighted by atomic mass is 10.1. The van der Waals surface area contributed by atoms with Crippen LogP contribution in [0, 0.1) is 19.7 Å². The van der Waals surface area contributed by atoms with Gasteiger partial charge in [0, 0.05) is 11.3 Å². The molecule has 0 aliphatic carbocycles. The fraction of sp³-hybridized carbons (Fsp3) is 0.133. The zero-order valence-corrected chi connectivity index (χ0v) is 11.6. The summed E-state index contributed by atoms with van der Waals surface area (Å²) in [4.78, 5) is 0.366. The summed E-state index contributed by atoms with van der Waals surface area (Å²) in [5.74, 6) is -0.268. The highest BCUT2D eigenvalue weighted by Crippen LogP contribution is 2.22. The Hall–Kier alpha value is -1.94. The summed E-state index contributed by atoms with van der Waals surface area (Å²) in [6, 6.07) is 10.7. The second kappa shape index (κ2) is 5.36. The summed E-state index contributed by atoms with van der Waals surface area (Å²) in [5.41, 5.74) is 9.56. The molecule has 0 unspecified atom stereocenters. The van der Waals surface area contributed by atoms with E-state index in [4.69, 9.17) is 18.0 Å². The van der Waals surface area contributed by atoms with Gasteiger partial charge in [-0.15, -0.1) is 0 Å². The van der Waals surface area contributed by atoms with Crippen LogP contribution >= 0.6 is 12.2 Å². The lowest BCUT2D eigenvalue weighted by Gasteiger charge is -2.11. The third-order valence-corrected chi connectivity index (χ3v) is 3.12. The van der Waals surface area contributed by atoms with Crippen molar-refractivity contribution in [3.63, 3.8) is 0 Å². The van der Waals surface area contributed by atoms with Crippen molar-refractivity contribution in [3.8, 4) is 0 Å². The SMILES string of the molecule is Cc1ccc(Nc2ccc(C(N)=S)c(C)c2)c(F)c1.